The second-order valence-corrected chi connectivity index (χ2v) is 7.46. The number of ether oxygens (including phenoxy) is 1. The number of nitrogens with one attached hydrogen (secondary N) is 2. The van der Waals surface area contributed by atoms with E-state index in [2.05, 4.69) is 20.6 Å². The third kappa shape index (κ3) is 5.02. The van der Waals surface area contributed by atoms with Crippen molar-refractivity contribution in [3.63, 3.8) is 0 Å². The first-order valence-electron chi connectivity index (χ1n) is 8.91. The first kappa shape index (κ1) is 20.6. The summed E-state index contributed by atoms with van der Waals surface area (Å²) in [5.74, 6) is -1.41. The van der Waals surface area contributed by atoms with Crippen LogP contribution in [0.2, 0.25) is 0 Å². The smallest absolute Gasteiger partial charge is 0.321 e. The van der Waals surface area contributed by atoms with Gasteiger partial charge in [-0.25, -0.2) is 14.8 Å². The van der Waals surface area contributed by atoms with E-state index in [0.29, 0.717) is 21.7 Å². The normalized spacial score (nSPS) is 12.1. The van der Waals surface area contributed by atoms with Crippen LogP contribution in [0.3, 0.4) is 0 Å². The molecule has 1 aromatic carbocycles. The second-order valence-electron chi connectivity index (χ2n) is 6.49. The number of furan rings is 1. The van der Waals surface area contributed by atoms with Crippen LogP contribution in [0.15, 0.2) is 40.0 Å². The molecule has 3 aromatic rings. The van der Waals surface area contributed by atoms with Crippen LogP contribution in [0.1, 0.15) is 20.8 Å². The van der Waals surface area contributed by atoms with Crippen LogP contribution in [0.25, 0.3) is 22.1 Å². The van der Waals surface area contributed by atoms with Crippen LogP contribution >= 0.6 is 11.8 Å². The molecule has 29 heavy (non-hydrogen) atoms. The minimum absolute atomic E-state index is 0.0844. The van der Waals surface area contributed by atoms with Crippen molar-refractivity contribution in [3.8, 4) is 0 Å². The molecule has 0 saturated carbocycles. The fraction of sp³-hybridized carbons (Fsp3) is 0.316. The van der Waals surface area contributed by atoms with Crippen molar-refractivity contribution >= 4 is 51.7 Å². The number of urea groups is 1. The number of fused-ring (bicyclic) bond motifs is 3. The van der Waals surface area contributed by atoms with Crippen molar-refractivity contribution in [3.05, 3.63) is 30.6 Å². The minimum Gasteiger partial charge on any atom is -0.452 e. The van der Waals surface area contributed by atoms with Crippen molar-refractivity contribution in [2.75, 3.05) is 5.75 Å². The van der Waals surface area contributed by atoms with Crippen LogP contribution in [0, 0.1) is 0 Å². The molecule has 152 valence electrons. The second kappa shape index (κ2) is 8.91. The quantitative estimate of drug-likeness (QED) is 0.357. The number of esters is 1. The number of nitrogens with zero attached hydrogens (tertiary/aromatic N) is 2. The molecule has 0 aliphatic carbocycles. The number of aromatic nitrogens is 2. The first-order valence-corrected chi connectivity index (χ1v) is 9.89. The number of para-hydroxylation sites is 1. The number of carbonyl (C=O) groups is 3. The summed E-state index contributed by atoms with van der Waals surface area (Å²) in [4.78, 5) is 44.0. The fourth-order valence-corrected chi connectivity index (χ4v) is 3.24. The van der Waals surface area contributed by atoms with Gasteiger partial charge in [0, 0.05) is 11.4 Å². The molecule has 2 heterocycles. The molecule has 0 aliphatic rings. The molecular formula is C19H20N4O5S. The SMILES string of the molecule is CC(C)NC(=O)NC(=O)[C@H](C)OC(=O)CSc1ncnc2c1oc1ccccc12. The number of benzene rings is 1. The van der Waals surface area contributed by atoms with Gasteiger partial charge in [0.25, 0.3) is 5.91 Å². The molecule has 10 heteroatoms. The zero-order valence-corrected chi connectivity index (χ0v) is 16.9. The van der Waals surface area contributed by atoms with E-state index in [1.165, 1.54) is 13.3 Å². The highest BCUT2D eigenvalue weighted by Gasteiger charge is 2.21. The van der Waals surface area contributed by atoms with Crippen LogP contribution in [0.5, 0.6) is 0 Å². The number of hydrogen-bond acceptors (Lipinski definition) is 8. The molecular weight excluding hydrogens is 396 g/mol. The maximum Gasteiger partial charge on any atom is 0.321 e. The molecule has 0 fully saturated rings. The molecule has 1 atom stereocenters. The molecule has 9 nitrogen and oxygen atoms in total. The summed E-state index contributed by atoms with van der Waals surface area (Å²) in [6, 6.07) is 6.70. The summed E-state index contributed by atoms with van der Waals surface area (Å²) in [5.41, 5.74) is 1.83. The average molecular weight is 416 g/mol. The van der Waals surface area contributed by atoms with Crippen LogP contribution < -0.4 is 10.6 Å². The van der Waals surface area contributed by atoms with Gasteiger partial charge in [0.05, 0.1) is 5.75 Å². The number of hydrogen-bond donors (Lipinski definition) is 2. The molecule has 0 saturated heterocycles. The number of amides is 3. The van der Waals surface area contributed by atoms with Gasteiger partial charge in [-0.05, 0) is 32.9 Å². The van der Waals surface area contributed by atoms with Crippen LogP contribution in [0.4, 0.5) is 4.79 Å². The third-order valence-corrected chi connectivity index (χ3v) is 4.73. The Morgan fingerprint density at radius 1 is 1.17 bits per heavy atom. The maximum absolute atomic E-state index is 12.1. The summed E-state index contributed by atoms with van der Waals surface area (Å²) in [6.07, 6.45) is 0.291. The van der Waals surface area contributed by atoms with E-state index in [1.54, 1.807) is 13.8 Å². The molecule has 0 aliphatic heterocycles. The Morgan fingerprint density at radius 3 is 2.69 bits per heavy atom. The topological polar surface area (TPSA) is 123 Å². The highest BCUT2D eigenvalue weighted by molar-refractivity contribution is 8.00. The van der Waals surface area contributed by atoms with E-state index in [4.69, 9.17) is 9.15 Å². The first-order chi connectivity index (χ1) is 13.8. The summed E-state index contributed by atoms with van der Waals surface area (Å²) in [5, 5.41) is 5.99. The lowest BCUT2D eigenvalue weighted by molar-refractivity contribution is -0.151. The number of thioether (sulfide) groups is 1. The van der Waals surface area contributed by atoms with E-state index < -0.39 is 24.0 Å². The molecule has 0 unspecified atom stereocenters. The van der Waals surface area contributed by atoms with Crippen molar-refractivity contribution in [2.24, 2.45) is 0 Å². The van der Waals surface area contributed by atoms with E-state index in [1.807, 2.05) is 24.3 Å². The zero-order valence-electron chi connectivity index (χ0n) is 16.1. The highest BCUT2D eigenvalue weighted by Crippen LogP contribution is 2.32. The molecule has 0 spiro atoms. The Kier molecular flexibility index (Phi) is 6.32. The number of imide groups is 1. The van der Waals surface area contributed by atoms with Gasteiger partial charge in [-0.3, -0.25) is 14.9 Å². The van der Waals surface area contributed by atoms with Gasteiger partial charge < -0.3 is 14.5 Å². The zero-order chi connectivity index (χ0) is 21.0. The van der Waals surface area contributed by atoms with Crippen molar-refractivity contribution < 1.29 is 23.5 Å². The van der Waals surface area contributed by atoms with Crippen molar-refractivity contribution in [1.29, 1.82) is 0 Å². The van der Waals surface area contributed by atoms with Gasteiger partial charge in [0.1, 0.15) is 22.5 Å². The molecule has 0 radical (unpaired) electrons. The van der Waals surface area contributed by atoms with E-state index >= 15 is 0 Å². The molecule has 3 rings (SSSR count). The minimum atomic E-state index is -1.11. The van der Waals surface area contributed by atoms with Crippen molar-refractivity contribution in [2.45, 2.75) is 37.9 Å². The van der Waals surface area contributed by atoms with Gasteiger partial charge in [-0.2, -0.15) is 0 Å². The van der Waals surface area contributed by atoms with Crippen molar-refractivity contribution in [1.82, 2.24) is 20.6 Å². The standard InChI is InChI=1S/C19H20N4O5S/c1-10(2)22-19(26)23-17(25)11(3)27-14(24)8-29-18-16-15(20-9-21-18)12-6-4-5-7-13(12)28-16/h4-7,9-11H,8H2,1-3H3,(H2,22,23,25,26)/t11-/m0/s1. The third-order valence-electron chi connectivity index (χ3n) is 3.79. The summed E-state index contributed by atoms with van der Waals surface area (Å²) in [7, 11) is 0. The Bertz CT molecular complexity index is 1070. The largest absolute Gasteiger partial charge is 0.452 e. The molecule has 3 amide bonds. The monoisotopic (exact) mass is 416 g/mol. The summed E-state index contributed by atoms with van der Waals surface area (Å²) in [6.45, 7) is 4.91. The Labute approximate surface area is 170 Å². The predicted octanol–water partition coefficient (Wildman–Crippen LogP) is 2.63. The van der Waals surface area contributed by atoms with E-state index in [-0.39, 0.29) is 11.8 Å². The van der Waals surface area contributed by atoms with Gasteiger partial charge in [0.2, 0.25) is 0 Å². The summed E-state index contributed by atoms with van der Waals surface area (Å²) < 4.78 is 10.9. The fourth-order valence-electron chi connectivity index (χ4n) is 2.53. The Hall–Kier alpha value is -3.14. The lowest BCUT2D eigenvalue weighted by Gasteiger charge is -2.14. The molecule has 2 aromatic heterocycles. The Balaban J connectivity index is 1.59. The van der Waals surface area contributed by atoms with Crippen LogP contribution in [-0.4, -0.2) is 45.8 Å². The molecule has 2 N–H and O–H groups in total. The number of rotatable bonds is 6. The molecule has 0 bridgehead atoms. The van der Waals surface area contributed by atoms with Gasteiger partial charge in [-0.1, -0.05) is 23.9 Å². The summed E-state index contributed by atoms with van der Waals surface area (Å²) >= 11 is 1.12. The lowest BCUT2D eigenvalue weighted by atomic mass is 10.2. The van der Waals surface area contributed by atoms with Gasteiger partial charge >= 0.3 is 12.0 Å². The van der Waals surface area contributed by atoms with E-state index in [9.17, 15) is 14.4 Å². The average Bonchev–Trinajstić information content (AvgIpc) is 3.05. The number of carbonyl (C=O) groups excluding carboxylic acids is 3. The van der Waals surface area contributed by atoms with E-state index in [0.717, 1.165) is 17.1 Å². The highest BCUT2D eigenvalue weighted by atomic mass is 32.2. The predicted molar refractivity (Wildman–Crippen MR) is 107 cm³/mol. The maximum atomic E-state index is 12.1. The van der Waals surface area contributed by atoms with Gasteiger partial charge in [0.15, 0.2) is 11.7 Å². The Morgan fingerprint density at radius 2 is 1.93 bits per heavy atom. The van der Waals surface area contributed by atoms with Gasteiger partial charge in [-0.15, -0.1) is 0 Å². The van der Waals surface area contributed by atoms with Crippen LogP contribution in [-0.2, 0) is 14.3 Å². The lowest BCUT2D eigenvalue weighted by Crippen LogP contribution is -2.46.